The van der Waals surface area contributed by atoms with Crippen molar-refractivity contribution in [3.8, 4) is 17.1 Å². The number of imidazole rings is 1. The van der Waals surface area contributed by atoms with Crippen molar-refractivity contribution in [3.63, 3.8) is 0 Å². The van der Waals surface area contributed by atoms with Crippen LogP contribution in [0.5, 0.6) is 5.75 Å². The van der Waals surface area contributed by atoms with Gasteiger partial charge in [0.2, 0.25) is 6.41 Å². The number of ether oxygens (including phenoxy) is 1. The summed E-state index contributed by atoms with van der Waals surface area (Å²) in [5.41, 5.74) is 0.741. The summed E-state index contributed by atoms with van der Waals surface area (Å²) in [7, 11) is 1.36. The Kier molecular flexibility index (Phi) is 3.41. The number of nitrogens with zero attached hydrogens (tertiary/aromatic N) is 5. The van der Waals surface area contributed by atoms with Crippen LogP contribution in [0, 0.1) is 0 Å². The predicted octanol–water partition coefficient (Wildman–Crippen LogP) is 1.56. The van der Waals surface area contributed by atoms with E-state index in [-0.39, 0.29) is 17.1 Å². The maximum absolute atomic E-state index is 13.0. The van der Waals surface area contributed by atoms with Crippen LogP contribution < -0.4 is 10.1 Å². The molecule has 3 rings (SSSR count). The van der Waals surface area contributed by atoms with Crippen molar-refractivity contribution in [2.75, 3.05) is 12.4 Å². The largest absolute Gasteiger partial charge is 0.493 e. The molecule has 114 valence electrons. The van der Waals surface area contributed by atoms with E-state index < -0.39 is 6.55 Å². The van der Waals surface area contributed by atoms with Crippen molar-refractivity contribution < 1.29 is 18.3 Å². The molecule has 1 amide bonds. The van der Waals surface area contributed by atoms with E-state index in [0.29, 0.717) is 22.6 Å². The number of hydrogen-bond donors (Lipinski definition) is 1. The van der Waals surface area contributed by atoms with Gasteiger partial charge in [0.1, 0.15) is 11.4 Å². The van der Waals surface area contributed by atoms with Crippen molar-refractivity contribution in [2.24, 2.45) is 0 Å². The van der Waals surface area contributed by atoms with Gasteiger partial charge < -0.3 is 14.5 Å². The van der Waals surface area contributed by atoms with Crippen molar-refractivity contribution in [3.05, 3.63) is 24.8 Å². The summed E-state index contributed by atoms with van der Waals surface area (Å²) in [4.78, 5) is 18.6. The molecule has 0 saturated carbocycles. The highest BCUT2D eigenvalue weighted by atomic mass is 19.3. The molecule has 0 saturated heterocycles. The first-order chi connectivity index (χ1) is 10.6. The summed E-state index contributed by atoms with van der Waals surface area (Å²) in [5, 5.41) is 6.00. The lowest BCUT2D eigenvalue weighted by atomic mass is 10.3. The molecule has 0 fully saturated rings. The second-order valence-electron chi connectivity index (χ2n) is 4.21. The minimum Gasteiger partial charge on any atom is -0.493 e. The zero-order valence-corrected chi connectivity index (χ0v) is 11.3. The summed E-state index contributed by atoms with van der Waals surface area (Å²) in [5.74, 6) is 0.502. The SMILES string of the molecule is COc1cnn(C(F)F)c1-c1cn2cc(NC=O)nc2cn1. The highest BCUT2D eigenvalue weighted by molar-refractivity contribution is 5.70. The molecule has 3 aromatic rings. The molecule has 0 unspecified atom stereocenters. The van der Waals surface area contributed by atoms with Crippen molar-refractivity contribution in [2.45, 2.75) is 6.55 Å². The van der Waals surface area contributed by atoms with Crippen LogP contribution in [0.1, 0.15) is 6.55 Å². The molecular formula is C12H10F2N6O2. The molecule has 0 bridgehead atoms. The van der Waals surface area contributed by atoms with Gasteiger partial charge in [0.05, 0.1) is 25.7 Å². The van der Waals surface area contributed by atoms with Crippen LogP contribution >= 0.6 is 0 Å². The Labute approximate surface area is 122 Å². The highest BCUT2D eigenvalue weighted by Gasteiger charge is 2.21. The first-order valence-electron chi connectivity index (χ1n) is 6.09. The average Bonchev–Trinajstić information content (AvgIpc) is 3.09. The van der Waals surface area contributed by atoms with Gasteiger partial charge in [-0.2, -0.15) is 18.6 Å². The van der Waals surface area contributed by atoms with Gasteiger partial charge in [-0.25, -0.2) is 9.97 Å². The molecule has 0 radical (unpaired) electrons. The third-order valence-electron chi connectivity index (χ3n) is 2.96. The number of anilines is 1. The molecule has 0 aromatic carbocycles. The zero-order valence-electron chi connectivity index (χ0n) is 11.3. The number of hydrogen-bond acceptors (Lipinski definition) is 5. The smallest absolute Gasteiger partial charge is 0.333 e. The molecule has 8 nitrogen and oxygen atoms in total. The van der Waals surface area contributed by atoms with Gasteiger partial charge >= 0.3 is 6.55 Å². The fourth-order valence-corrected chi connectivity index (χ4v) is 2.04. The van der Waals surface area contributed by atoms with Gasteiger partial charge in [-0.05, 0) is 0 Å². The number of carbonyl (C=O) groups excluding carboxylic acids is 1. The molecule has 1 N–H and O–H groups in total. The number of carbonyl (C=O) groups is 1. The Bertz CT molecular complexity index is 828. The van der Waals surface area contributed by atoms with Crippen LogP contribution in [0.3, 0.4) is 0 Å². The molecule has 0 aliphatic rings. The zero-order chi connectivity index (χ0) is 15.7. The first kappa shape index (κ1) is 13.9. The van der Waals surface area contributed by atoms with Crippen molar-refractivity contribution in [1.29, 1.82) is 0 Å². The van der Waals surface area contributed by atoms with E-state index in [2.05, 4.69) is 20.4 Å². The summed E-state index contributed by atoms with van der Waals surface area (Å²) in [6.07, 6.45) is 6.11. The maximum atomic E-state index is 13.0. The number of alkyl halides is 2. The van der Waals surface area contributed by atoms with Crippen LogP contribution in [-0.4, -0.2) is 37.7 Å². The molecule has 0 spiro atoms. The monoisotopic (exact) mass is 308 g/mol. The van der Waals surface area contributed by atoms with E-state index in [1.807, 2.05) is 0 Å². The van der Waals surface area contributed by atoms with Gasteiger partial charge in [0.25, 0.3) is 0 Å². The van der Waals surface area contributed by atoms with Gasteiger partial charge in [-0.3, -0.25) is 4.79 Å². The number of aromatic nitrogens is 5. The average molecular weight is 308 g/mol. The Morgan fingerprint density at radius 3 is 2.86 bits per heavy atom. The highest BCUT2D eigenvalue weighted by Crippen LogP contribution is 2.31. The Morgan fingerprint density at radius 1 is 1.36 bits per heavy atom. The number of rotatable bonds is 5. The summed E-state index contributed by atoms with van der Waals surface area (Å²) in [6.45, 7) is -2.83. The molecule has 22 heavy (non-hydrogen) atoms. The normalized spacial score (nSPS) is 11.1. The minimum atomic E-state index is -2.83. The molecular weight excluding hydrogens is 298 g/mol. The maximum Gasteiger partial charge on any atom is 0.333 e. The number of amides is 1. The van der Waals surface area contributed by atoms with Gasteiger partial charge in [0.15, 0.2) is 17.2 Å². The van der Waals surface area contributed by atoms with Crippen LogP contribution in [0.4, 0.5) is 14.6 Å². The molecule has 3 aromatic heterocycles. The fourth-order valence-electron chi connectivity index (χ4n) is 2.04. The summed E-state index contributed by atoms with van der Waals surface area (Å²) in [6, 6.07) is 0. The third-order valence-corrected chi connectivity index (χ3v) is 2.96. The Morgan fingerprint density at radius 2 is 2.18 bits per heavy atom. The predicted molar refractivity (Wildman–Crippen MR) is 71.7 cm³/mol. The molecule has 10 heteroatoms. The van der Waals surface area contributed by atoms with Crippen LogP contribution in [0.2, 0.25) is 0 Å². The number of halogens is 2. The number of nitrogens with one attached hydrogen (secondary N) is 1. The van der Waals surface area contributed by atoms with E-state index in [1.54, 1.807) is 4.40 Å². The number of methoxy groups -OCH3 is 1. The lowest BCUT2D eigenvalue weighted by Crippen LogP contribution is -2.04. The van der Waals surface area contributed by atoms with Crippen LogP contribution in [0.25, 0.3) is 17.0 Å². The van der Waals surface area contributed by atoms with E-state index in [9.17, 15) is 13.6 Å². The van der Waals surface area contributed by atoms with E-state index in [4.69, 9.17) is 4.74 Å². The minimum absolute atomic E-state index is 0.0537. The van der Waals surface area contributed by atoms with E-state index in [0.717, 1.165) is 0 Å². The second-order valence-corrected chi connectivity index (χ2v) is 4.21. The summed E-state index contributed by atoms with van der Waals surface area (Å²) < 4.78 is 33.2. The van der Waals surface area contributed by atoms with E-state index in [1.165, 1.54) is 31.9 Å². The lowest BCUT2D eigenvalue weighted by Gasteiger charge is -2.07. The van der Waals surface area contributed by atoms with Crippen LogP contribution in [0.15, 0.2) is 24.8 Å². The standard InChI is InChI=1S/C12H10F2N6O2/c1-22-8-2-17-20(12(13)14)11(8)7-4-19-5-9(16-6-21)18-10(19)3-15-7/h2-6,12H,1H3,(H,16,21). The Hall–Kier alpha value is -3.04. The molecule has 0 aliphatic carbocycles. The van der Waals surface area contributed by atoms with Gasteiger partial charge in [0, 0.05) is 6.20 Å². The molecule has 0 atom stereocenters. The van der Waals surface area contributed by atoms with Crippen molar-refractivity contribution >= 4 is 17.9 Å². The quantitative estimate of drug-likeness (QED) is 0.723. The Balaban J connectivity index is 2.13. The second kappa shape index (κ2) is 5.39. The van der Waals surface area contributed by atoms with Gasteiger partial charge in [-0.1, -0.05) is 0 Å². The topological polar surface area (TPSA) is 86.3 Å². The first-order valence-corrected chi connectivity index (χ1v) is 6.09. The van der Waals surface area contributed by atoms with Crippen LogP contribution in [-0.2, 0) is 4.79 Å². The van der Waals surface area contributed by atoms with Gasteiger partial charge in [-0.15, -0.1) is 0 Å². The summed E-state index contributed by atoms with van der Waals surface area (Å²) >= 11 is 0. The fraction of sp³-hybridized carbons (Fsp3) is 0.167. The molecule has 3 heterocycles. The number of fused-ring (bicyclic) bond motifs is 1. The van der Waals surface area contributed by atoms with Crippen molar-refractivity contribution in [1.82, 2.24) is 24.1 Å². The van der Waals surface area contributed by atoms with E-state index >= 15 is 0 Å². The molecule has 0 aliphatic heterocycles. The lowest BCUT2D eigenvalue weighted by molar-refractivity contribution is -0.105. The third kappa shape index (κ3) is 2.24.